The van der Waals surface area contributed by atoms with Crippen molar-refractivity contribution in [3.8, 4) is 11.4 Å². The average Bonchev–Trinajstić information content (AvgIpc) is 2.55. The van der Waals surface area contributed by atoms with E-state index in [1.165, 1.54) is 0 Å². The van der Waals surface area contributed by atoms with E-state index < -0.39 is 0 Å². The van der Waals surface area contributed by atoms with Crippen molar-refractivity contribution in [3.05, 3.63) is 61.3 Å². The normalized spacial score (nSPS) is 11.0. The Labute approximate surface area is 115 Å². The fraction of sp³-hybridized carbons (Fsp3) is 0. The zero-order valence-corrected chi connectivity index (χ0v) is 10.6. The maximum Gasteiger partial charge on any atom is 0.161 e. The molecule has 0 aliphatic rings. The Morgan fingerprint density at radius 3 is 2.55 bits per heavy atom. The van der Waals surface area contributed by atoms with E-state index in [9.17, 15) is 0 Å². The fourth-order valence-corrected chi connectivity index (χ4v) is 2.29. The zero-order valence-electron chi connectivity index (χ0n) is 10.6. The lowest BCUT2D eigenvalue weighted by molar-refractivity contribution is 1.21. The Hall–Kier alpha value is -2.88. The second kappa shape index (κ2) is 4.35. The molecule has 0 amide bonds. The summed E-state index contributed by atoms with van der Waals surface area (Å²) in [5.74, 6) is 0.682. The van der Waals surface area contributed by atoms with Crippen LogP contribution in [0.4, 0.5) is 0 Å². The monoisotopic (exact) mass is 258 g/mol. The molecule has 0 N–H and O–H groups in total. The van der Waals surface area contributed by atoms with Crippen LogP contribution in [0.2, 0.25) is 0 Å². The van der Waals surface area contributed by atoms with Gasteiger partial charge in [-0.1, -0.05) is 12.1 Å². The van der Waals surface area contributed by atoms with Gasteiger partial charge in [0, 0.05) is 47.3 Å². The molecule has 0 bridgehead atoms. The molecule has 0 aliphatic carbocycles. The molecule has 4 heteroatoms. The minimum atomic E-state index is 0.682. The molecule has 4 rings (SSSR count). The molecule has 0 saturated heterocycles. The first-order chi connectivity index (χ1) is 9.92. The number of fused-ring (bicyclic) bond motifs is 3. The minimum absolute atomic E-state index is 0.682. The minimum Gasteiger partial charge on any atom is -0.264 e. The molecule has 0 atom stereocenters. The van der Waals surface area contributed by atoms with Crippen LogP contribution in [0, 0.1) is 0 Å². The van der Waals surface area contributed by atoms with Crippen molar-refractivity contribution in [1.29, 1.82) is 0 Å². The van der Waals surface area contributed by atoms with Gasteiger partial charge in [-0.25, -0.2) is 9.97 Å². The molecule has 0 radical (unpaired) electrons. The van der Waals surface area contributed by atoms with Crippen LogP contribution in [0.3, 0.4) is 0 Å². The molecule has 94 valence electrons. The molecule has 0 spiro atoms. The lowest BCUT2D eigenvalue weighted by Gasteiger charge is -2.04. The maximum atomic E-state index is 4.68. The number of hydrogen-bond acceptors (Lipinski definition) is 4. The second-order valence-electron chi connectivity index (χ2n) is 4.54. The van der Waals surface area contributed by atoms with E-state index in [0.29, 0.717) is 5.82 Å². The molecule has 0 aliphatic heterocycles. The molecule has 4 nitrogen and oxygen atoms in total. The summed E-state index contributed by atoms with van der Waals surface area (Å²) in [5.41, 5.74) is 1.83. The van der Waals surface area contributed by atoms with Crippen LogP contribution in [-0.4, -0.2) is 19.9 Å². The zero-order chi connectivity index (χ0) is 13.4. The molecule has 0 unspecified atom stereocenters. The highest BCUT2D eigenvalue weighted by Crippen LogP contribution is 2.24. The van der Waals surface area contributed by atoms with Crippen LogP contribution in [0.25, 0.3) is 33.1 Å². The van der Waals surface area contributed by atoms with Crippen molar-refractivity contribution in [1.82, 2.24) is 19.9 Å². The largest absolute Gasteiger partial charge is 0.264 e. The van der Waals surface area contributed by atoms with Gasteiger partial charge in [0.15, 0.2) is 5.82 Å². The van der Waals surface area contributed by atoms with Crippen LogP contribution < -0.4 is 0 Å². The summed E-state index contributed by atoms with van der Waals surface area (Å²) < 4.78 is 0. The molecule has 1 aromatic carbocycles. The van der Waals surface area contributed by atoms with Gasteiger partial charge < -0.3 is 0 Å². The average molecular weight is 258 g/mol. The number of hydrogen-bond donors (Lipinski definition) is 0. The molecule has 20 heavy (non-hydrogen) atoms. The second-order valence-corrected chi connectivity index (χ2v) is 4.54. The van der Waals surface area contributed by atoms with E-state index in [1.54, 1.807) is 18.6 Å². The van der Waals surface area contributed by atoms with Gasteiger partial charge in [0.2, 0.25) is 0 Å². The molecular formula is C16H10N4. The van der Waals surface area contributed by atoms with Gasteiger partial charge in [-0.05, 0) is 23.6 Å². The smallest absolute Gasteiger partial charge is 0.161 e. The van der Waals surface area contributed by atoms with Gasteiger partial charge in [0.05, 0.1) is 5.52 Å². The van der Waals surface area contributed by atoms with Crippen molar-refractivity contribution in [2.45, 2.75) is 0 Å². The SMILES string of the molecule is c1cncc(-c2ncc3ccc4ccncc4c3n2)c1. The van der Waals surface area contributed by atoms with Crippen LogP contribution in [0.1, 0.15) is 0 Å². The molecule has 4 aromatic rings. The van der Waals surface area contributed by atoms with E-state index in [-0.39, 0.29) is 0 Å². The summed E-state index contributed by atoms with van der Waals surface area (Å²) in [6, 6.07) is 9.92. The van der Waals surface area contributed by atoms with Crippen molar-refractivity contribution in [2.75, 3.05) is 0 Å². The number of aromatic nitrogens is 4. The predicted molar refractivity (Wildman–Crippen MR) is 78.1 cm³/mol. The summed E-state index contributed by atoms with van der Waals surface area (Å²) in [4.78, 5) is 17.4. The predicted octanol–water partition coefficient (Wildman–Crippen LogP) is 3.24. The van der Waals surface area contributed by atoms with E-state index in [0.717, 1.165) is 27.2 Å². The van der Waals surface area contributed by atoms with Gasteiger partial charge in [0.25, 0.3) is 0 Å². The molecule has 3 aromatic heterocycles. The Morgan fingerprint density at radius 1 is 0.750 bits per heavy atom. The van der Waals surface area contributed by atoms with Gasteiger partial charge in [-0.15, -0.1) is 0 Å². The third kappa shape index (κ3) is 1.70. The molecule has 0 saturated carbocycles. The number of rotatable bonds is 1. The standard InChI is InChI=1S/C16H10N4/c1-2-13(8-17-6-1)16-19-9-12-4-3-11-5-7-18-10-14(11)15(12)20-16/h1-10H. The highest BCUT2D eigenvalue weighted by molar-refractivity contribution is 6.04. The van der Waals surface area contributed by atoms with E-state index in [4.69, 9.17) is 0 Å². The number of benzene rings is 1. The van der Waals surface area contributed by atoms with Crippen LogP contribution in [-0.2, 0) is 0 Å². The highest BCUT2D eigenvalue weighted by Gasteiger charge is 2.06. The van der Waals surface area contributed by atoms with Crippen LogP contribution >= 0.6 is 0 Å². The van der Waals surface area contributed by atoms with Crippen molar-refractivity contribution < 1.29 is 0 Å². The van der Waals surface area contributed by atoms with Crippen molar-refractivity contribution in [2.24, 2.45) is 0 Å². The third-order valence-electron chi connectivity index (χ3n) is 3.29. The Balaban J connectivity index is 2.05. The van der Waals surface area contributed by atoms with Gasteiger partial charge in [0.1, 0.15) is 0 Å². The molecule has 0 fully saturated rings. The quantitative estimate of drug-likeness (QED) is 0.492. The summed E-state index contributed by atoms with van der Waals surface area (Å²) in [7, 11) is 0. The van der Waals surface area contributed by atoms with Gasteiger partial charge >= 0.3 is 0 Å². The summed E-state index contributed by atoms with van der Waals surface area (Å²) in [6.45, 7) is 0. The first-order valence-corrected chi connectivity index (χ1v) is 6.32. The first-order valence-electron chi connectivity index (χ1n) is 6.32. The lowest BCUT2D eigenvalue weighted by Crippen LogP contribution is -1.91. The molecular weight excluding hydrogens is 248 g/mol. The topological polar surface area (TPSA) is 51.6 Å². The van der Waals surface area contributed by atoms with E-state index >= 15 is 0 Å². The van der Waals surface area contributed by atoms with Crippen LogP contribution in [0.5, 0.6) is 0 Å². The maximum absolute atomic E-state index is 4.68. The van der Waals surface area contributed by atoms with Gasteiger partial charge in [-0.2, -0.15) is 0 Å². The fourth-order valence-electron chi connectivity index (χ4n) is 2.29. The lowest BCUT2D eigenvalue weighted by atomic mass is 10.1. The van der Waals surface area contributed by atoms with Crippen LogP contribution in [0.15, 0.2) is 61.3 Å². The van der Waals surface area contributed by atoms with Gasteiger partial charge in [-0.3, -0.25) is 9.97 Å². The Kier molecular flexibility index (Phi) is 2.39. The Morgan fingerprint density at radius 2 is 1.65 bits per heavy atom. The first kappa shape index (κ1) is 11.0. The summed E-state index contributed by atoms with van der Waals surface area (Å²) >= 11 is 0. The summed E-state index contributed by atoms with van der Waals surface area (Å²) in [6.07, 6.45) is 8.99. The van der Waals surface area contributed by atoms with Crippen molar-refractivity contribution >= 4 is 21.7 Å². The number of nitrogens with zero attached hydrogens (tertiary/aromatic N) is 4. The Bertz CT molecular complexity index is 904. The summed E-state index contributed by atoms with van der Waals surface area (Å²) in [5, 5.41) is 3.18. The number of pyridine rings is 2. The highest BCUT2D eigenvalue weighted by atomic mass is 14.9. The van der Waals surface area contributed by atoms with E-state index in [2.05, 4.69) is 26.0 Å². The molecule has 3 heterocycles. The third-order valence-corrected chi connectivity index (χ3v) is 3.29. The van der Waals surface area contributed by atoms with E-state index in [1.807, 2.05) is 36.7 Å². The van der Waals surface area contributed by atoms with Crippen molar-refractivity contribution in [3.63, 3.8) is 0 Å².